The van der Waals surface area contributed by atoms with Gasteiger partial charge in [0.05, 0.1) is 25.4 Å². The molecule has 2 rings (SSSR count). The molecule has 1 aliphatic rings. The second-order valence-electron chi connectivity index (χ2n) is 6.82. The van der Waals surface area contributed by atoms with E-state index in [0.29, 0.717) is 0 Å². The zero-order valence-electron chi connectivity index (χ0n) is 14.7. The lowest BCUT2D eigenvalue weighted by molar-refractivity contribution is 0.0690. The fourth-order valence-corrected chi connectivity index (χ4v) is 3.34. The fourth-order valence-electron chi connectivity index (χ4n) is 3.34. The number of nitrogens with two attached hydrogens (primary N) is 1. The summed E-state index contributed by atoms with van der Waals surface area (Å²) in [7, 11) is 1.73. The van der Waals surface area contributed by atoms with Crippen LogP contribution in [0.1, 0.15) is 36.8 Å². The third-order valence-corrected chi connectivity index (χ3v) is 5.07. The van der Waals surface area contributed by atoms with Gasteiger partial charge in [-0.1, -0.05) is 6.07 Å². The molecule has 0 aliphatic heterocycles. The molecule has 0 fully saturated rings. The van der Waals surface area contributed by atoms with E-state index in [4.69, 9.17) is 15.2 Å². The van der Waals surface area contributed by atoms with E-state index in [0.717, 1.165) is 57.5 Å². The first-order valence-electron chi connectivity index (χ1n) is 8.87. The van der Waals surface area contributed by atoms with Crippen LogP contribution in [0.25, 0.3) is 0 Å². The van der Waals surface area contributed by atoms with Crippen LogP contribution < -0.4 is 10.5 Å². The van der Waals surface area contributed by atoms with E-state index in [1.165, 1.54) is 11.1 Å². The van der Waals surface area contributed by atoms with Crippen LogP contribution in [0.3, 0.4) is 0 Å². The minimum atomic E-state index is -0.894. The summed E-state index contributed by atoms with van der Waals surface area (Å²) >= 11 is 0. The Morgan fingerprint density at radius 1 is 1.12 bits per heavy atom. The molecule has 4 N–H and O–H groups in total. The number of hydrogen-bond acceptors (Lipinski definition) is 5. The molecule has 0 saturated carbocycles. The van der Waals surface area contributed by atoms with Crippen LogP contribution >= 0.6 is 0 Å². The van der Waals surface area contributed by atoms with Crippen molar-refractivity contribution in [3.05, 3.63) is 29.3 Å². The van der Waals surface area contributed by atoms with Gasteiger partial charge in [-0.05, 0) is 67.7 Å². The van der Waals surface area contributed by atoms with Crippen molar-refractivity contribution in [1.29, 1.82) is 0 Å². The number of unbranched alkanes of at least 4 members (excludes halogenated alkanes) is 2. The van der Waals surface area contributed by atoms with E-state index in [1.807, 2.05) is 6.07 Å². The summed E-state index contributed by atoms with van der Waals surface area (Å²) < 4.78 is 10.9. The zero-order valence-corrected chi connectivity index (χ0v) is 14.7. The first-order valence-corrected chi connectivity index (χ1v) is 8.87. The maximum Gasteiger partial charge on any atom is 0.119 e. The maximum absolute atomic E-state index is 9.49. The van der Waals surface area contributed by atoms with Gasteiger partial charge in [0.2, 0.25) is 0 Å². The van der Waals surface area contributed by atoms with Crippen molar-refractivity contribution in [3.8, 4) is 5.75 Å². The highest BCUT2D eigenvalue weighted by molar-refractivity contribution is 5.38. The number of hydrogen-bond donors (Lipinski definition) is 3. The van der Waals surface area contributed by atoms with Crippen LogP contribution in [-0.4, -0.2) is 49.3 Å². The van der Waals surface area contributed by atoms with E-state index >= 15 is 0 Å². The monoisotopic (exact) mass is 337 g/mol. The number of rotatable bonds is 10. The summed E-state index contributed by atoms with van der Waals surface area (Å²) in [5.74, 6) is 1.02. The lowest BCUT2D eigenvalue weighted by atomic mass is 9.73. The number of ether oxygens (including phenoxy) is 2. The van der Waals surface area contributed by atoms with Gasteiger partial charge in [-0.3, -0.25) is 0 Å². The average Bonchev–Trinajstić information content (AvgIpc) is 2.63. The molecule has 1 aromatic rings. The second-order valence-corrected chi connectivity index (χ2v) is 6.82. The molecule has 1 aromatic carbocycles. The highest BCUT2D eigenvalue weighted by Gasteiger charge is 2.36. The first kappa shape index (κ1) is 19.2. The van der Waals surface area contributed by atoms with E-state index in [9.17, 15) is 10.2 Å². The van der Waals surface area contributed by atoms with Crippen LogP contribution in [0.2, 0.25) is 0 Å². The number of aliphatic hydroxyl groups is 2. The molecule has 5 nitrogen and oxygen atoms in total. The normalized spacial score (nSPS) is 17.6. The quantitative estimate of drug-likeness (QED) is 0.566. The highest BCUT2D eigenvalue weighted by atomic mass is 16.5. The minimum absolute atomic E-state index is 0.104. The van der Waals surface area contributed by atoms with Crippen LogP contribution in [0.5, 0.6) is 5.75 Å². The van der Waals surface area contributed by atoms with E-state index < -0.39 is 5.54 Å². The third-order valence-electron chi connectivity index (χ3n) is 5.07. The van der Waals surface area contributed by atoms with Gasteiger partial charge in [0, 0.05) is 13.7 Å². The Labute approximate surface area is 144 Å². The molecule has 0 spiro atoms. The molecular formula is C19H31NO4. The molecule has 24 heavy (non-hydrogen) atoms. The van der Waals surface area contributed by atoms with Crippen molar-refractivity contribution in [2.24, 2.45) is 11.7 Å². The lowest BCUT2D eigenvalue weighted by Crippen LogP contribution is -2.55. The van der Waals surface area contributed by atoms with Gasteiger partial charge in [-0.2, -0.15) is 0 Å². The summed E-state index contributed by atoms with van der Waals surface area (Å²) in [5.41, 5.74) is 7.79. The van der Waals surface area contributed by atoms with Crippen molar-refractivity contribution in [1.82, 2.24) is 0 Å². The number of methoxy groups -OCH3 is 1. The smallest absolute Gasteiger partial charge is 0.119 e. The number of benzene rings is 1. The average molecular weight is 337 g/mol. The van der Waals surface area contributed by atoms with E-state index in [2.05, 4.69) is 12.1 Å². The minimum Gasteiger partial charge on any atom is -0.494 e. The topological polar surface area (TPSA) is 84.9 Å². The Balaban J connectivity index is 1.87. The molecule has 0 amide bonds. The zero-order chi connectivity index (χ0) is 17.4. The maximum atomic E-state index is 9.49. The lowest BCUT2D eigenvalue weighted by Gasteiger charge is -2.37. The molecule has 0 aromatic heterocycles. The molecule has 1 aliphatic carbocycles. The second kappa shape index (κ2) is 9.37. The standard InChI is InChI=1S/C19H31NO4/c1-23-9-3-2-4-10-24-18-8-6-15-11-17(7-5-16(15)12-18)19(20,13-21)14-22/h6,8,12,17,21-22H,2-5,7,9-11,13-14,20H2,1H3/t17-/m0/s1. The first-order chi connectivity index (χ1) is 11.6. The van der Waals surface area contributed by atoms with Crippen molar-refractivity contribution in [2.45, 2.75) is 44.1 Å². The Hall–Kier alpha value is -1.14. The van der Waals surface area contributed by atoms with Crippen LogP contribution in [-0.2, 0) is 17.6 Å². The molecule has 0 saturated heterocycles. The molecular weight excluding hydrogens is 306 g/mol. The number of aliphatic hydroxyl groups excluding tert-OH is 2. The molecule has 5 heteroatoms. The summed E-state index contributed by atoms with van der Waals surface area (Å²) in [4.78, 5) is 0. The molecule has 0 bridgehead atoms. The third kappa shape index (κ3) is 4.93. The van der Waals surface area contributed by atoms with Crippen molar-refractivity contribution >= 4 is 0 Å². The van der Waals surface area contributed by atoms with E-state index in [-0.39, 0.29) is 19.1 Å². The highest BCUT2D eigenvalue weighted by Crippen LogP contribution is 2.33. The van der Waals surface area contributed by atoms with Crippen molar-refractivity contribution in [3.63, 3.8) is 0 Å². The fraction of sp³-hybridized carbons (Fsp3) is 0.684. The van der Waals surface area contributed by atoms with Gasteiger partial charge in [0.25, 0.3) is 0 Å². The van der Waals surface area contributed by atoms with Crippen molar-refractivity contribution in [2.75, 3.05) is 33.5 Å². The molecule has 1 atom stereocenters. The summed E-state index contributed by atoms with van der Waals surface area (Å²) in [6.45, 7) is 1.16. The predicted molar refractivity (Wildman–Crippen MR) is 94.3 cm³/mol. The summed E-state index contributed by atoms with van der Waals surface area (Å²) in [5, 5.41) is 19.0. The largest absolute Gasteiger partial charge is 0.494 e. The summed E-state index contributed by atoms with van der Waals surface area (Å²) in [6, 6.07) is 6.22. The SMILES string of the molecule is COCCCCCOc1ccc2c(c1)CC[C@H](C(N)(CO)CO)C2. The van der Waals surface area contributed by atoms with Gasteiger partial charge >= 0.3 is 0 Å². The van der Waals surface area contributed by atoms with Crippen LogP contribution in [0.4, 0.5) is 0 Å². The van der Waals surface area contributed by atoms with Gasteiger partial charge in [-0.25, -0.2) is 0 Å². The Bertz CT molecular complexity index is 502. The van der Waals surface area contributed by atoms with Gasteiger partial charge in [0.1, 0.15) is 5.75 Å². The Kier molecular flexibility index (Phi) is 7.49. The number of fused-ring (bicyclic) bond motifs is 1. The van der Waals surface area contributed by atoms with Crippen LogP contribution in [0.15, 0.2) is 18.2 Å². The Morgan fingerprint density at radius 2 is 1.88 bits per heavy atom. The van der Waals surface area contributed by atoms with Crippen LogP contribution in [0, 0.1) is 5.92 Å². The molecule has 0 radical (unpaired) electrons. The summed E-state index contributed by atoms with van der Waals surface area (Å²) in [6.07, 6.45) is 5.80. The van der Waals surface area contributed by atoms with Crippen molar-refractivity contribution < 1.29 is 19.7 Å². The molecule has 136 valence electrons. The predicted octanol–water partition coefficient (Wildman–Crippen LogP) is 1.67. The molecule has 0 heterocycles. The van der Waals surface area contributed by atoms with Gasteiger partial charge in [-0.15, -0.1) is 0 Å². The van der Waals surface area contributed by atoms with Gasteiger partial charge in [0.15, 0.2) is 0 Å². The van der Waals surface area contributed by atoms with E-state index in [1.54, 1.807) is 7.11 Å². The van der Waals surface area contributed by atoms with Gasteiger partial charge < -0.3 is 25.4 Å². The Morgan fingerprint density at radius 3 is 2.58 bits per heavy atom. The number of aryl methyl sites for hydroxylation is 1. The molecule has 0 unspecified atom stereocenters.